The molecule has 0 aliphatic heterocycles. The summed E-state index contributed by atoms with van der Waals surface area (Å²) < 4.78 is 7.52. The van der Waals surface area contributed by atoms with Crippen LogP contribution >= 0.6 is 0 Å². The van der Waals surface area contributed by atoms with Crippen molar-refractivity contribution < 1.29 is 4.74 Å². The van der Waals surface area contributed by atoms with Gasteiger partial charge in [-0.15, -0.1) is 6.42 Å². The number of para-hydroxylation sites is 1. The largest absolute Gasteiger partial charge is 0.493 e. The Morgan fingerprint density at radius 1 is 1.35 bits per heavy atom. The molecule has 4 nitrogen and oxygen atoms in total. The van der Waals surface area contributed by atoms with Crippen molar-refractivity contribution in [1.82, 2.24) is 9.55 Å². The van der Waals surface area contributed by atoms with Crippen LogP contribution in [0.3, 0.4) is 0 Å². The SMILES string of the molecule is C#CCn1c(CC)nc(-c2ccccc2OCC)c1N. The Morgan fingerprint density at radius 3 is 2.75 bits per heavy atom. The number of anilines is 1. The molecule has 0 saturated carbocycles. The molecule has 0 fully saturated rings. The second-order valence-electron chi connectivity index (χ2n) is 4.33. The molecule has 2 rings (SSSR count). The molecule has 0 atom stereocenters. The van der Waals surface area contributed by atoms with Gasteiger partial charge in [-0.3, -0.25) is 0 Å². The molecule has 2 aromatic rings. The molecule has 20 heavy (non-hydrogen) atoms. The van der Waals surface area contributed by atoms with Crippen LogP contribution in [-0.2, 0) is 13.0 Å². The number of nitrogens with zero attached hydrogens (tertiary/aromatic N) is 2. The third-order valence-electron chi connectivity index (χ3n) is 3.09. The Balaban J connectivity index is 2.56. The zero-order chi connectivity index (χ0) is 14.5. The van der Waals surface area contributed by atoms with E-state index in [-0.39, 0.29) is 0 Å². The number of hydrogen-bond donors (Lipinski definition) is 1. The molecular formula is C16H19N3O. The van der Waals surface area contributed by atoms with E-state index in [4.69, 9.17) is 16.9 Å². The van der Waals surface area contributed by atoms with Gasteiger partial charge < -0.3 is 15.0 Å². The summed E-state index contributed by atoms with van der Waals surface area (Å²) in [4.78, 5) is 4.62. The summed E-state index contributed by atoms with van der Waals surface area (Å²) in [7, 11) is 0. The maximum Gasteiger partial charge on any atom is 0.132 e. The van der Waals surface area contributed by atoms with Crippen molar-refractivity contribution in [3.63, 3.8) is 0 Å². The van der Waals surface area contributed by atoms with Crippen molar-refractivity contribution in [3.05, 3.63) is 30.1 Å². The normalized spacial score (nSPS) is 10.2. The van der Waals surface area contributed by atoms with Gasteiger partial charge in [0.15, 0.2) is 0 Å². The van der Waals surface area contributed by atoms with E-state index in [2.05, 4.69) is 10.9 Å². The lowest BCUT2D eigenvalue weighted by Gasteiger charge is -2.09. The molecule has 0 unspecified atom stereocenters. The van der Waals surface area contributed by atoms with E-state index in [9.17, 15) is 0 Å². The Morgan fingerprint density at radius 2 is 2.10 bits per heavy atom. The molecule has 0 spiro atoms. The van der Waals surface area contributed by atoms with Gasteiger partial charge in [0.05, 0.1) is 13.2 Å². The van der Waals surface area contributed by atoms with E-state index < -0.39 is 0 Å². The highest BCUT2D eigenvalue weighted by Gasteiger charge is 2.17. The third kappa shape index (κ3) is 2.48. The average Bonchev–Trinajstić information content (AvgIpc) is 2.77. The summed E-state index contributed by atoms with van der Waals surface area (Å²) in [5.41, 5.74) is 7.85. The molecular weight excluding hydrogens is 250 g/mol. The third-order valence-corrected chi connectivity index (χ3v) is 3.09. The lowest BCUT2D eigenvalue weighted by molar-refractivity contribution is 0.341. The number of nitrogen functional groups attached to an aromatic ring is 1. The number of terminal acetylenes is 1. The van der Waals surface area contributed by atoms with Crippen molar-refractivity contribution in [2.45, 2.75) is 26.8 Å². The minimum Gasteiger partial charge on any atom is -0.493 e. The van der Waals surface area contributed by atoms with Crippen LogP contribution in [0.5, 0.6) is 5.75 Å². The maximum absolute atomic E-state index is 6.21. The highest BCUT2D eigenvalue weighted by Crippen LogP contribution is 2.33. The van der Waals surface area contributed by atoms with E-state index in [0.29, 0.717) is 19.0 Å². The predicted molar refractivity (Wildman–Crippen MR) is 81.5 cm³/mol. The fraction of sp³-hybridized carbons (Fsp3) is 0.312. The second-order valence-corrected chi connectivity index (χ2v) is 4.33. The second kappa shape index (κ2) is 6.16. The van der Waals surface area contributed by atoms with Gasteiger partial charge in [0.25, 0.3) is 0 Å². The van der Waals surface area contributed by atoms with Gasteiger partial charge in [-0.1, -0.05) is 25.0 Å². The molecule has 0 saturated heterocycles. The van der Waals surface area contributed by atoms with Gasteiger partial charge in [0, 0.05) is 12.0 Å². The first-order valence-electron chi connectivity index (χ1n) is 6.73. The molecule has 0 aliphatic carbocycles. The van der Waals surface area contributed by atoms with Gasteiger partial charge in [-0.2, -0.15) is 0 Å². The van der Waals surface area contributed by atoms with E-state index in [1.165, 1.54) is 0 Å². The summed E-state index contributed by atoms with van der Waals surface area (Å²) in [6, 6.07) is 7.76. The maximum atomic E-state index is 6.21. The van der Waals surface area contributed by atoms with Crippen molar-refractivity contribution in [2.75, 3.05) is 12.3 Å². The number of aromatic nitrogens is 2. The van der Waals surface area contributed by atoms with Crippen molar-refractivity contribution in [2.24, 2.45) is 0 Å². The smallest absolute Gasteiger partial charge is 0.132 e. The van der Waals surface area contributed by atoms with Crippen LogP contribution in [0, 0.1) is 12.3 Å². The van der Waals surface area contributed by atoms with Crippen LogP contribution in [0.4, 0.5) is 5.82 Å². The number of ether oxygens (including phenoxy) is 1. The zero-order valence-corrected chi connectivity index (χ0v) is 11.9. The highest BCUT2D eigenvalue weighted by molar-refractivity contribution is 5.76. The lowest BCUT2D eigenvalue weighted by Crippen LogP contribution is -2.05. The van der Waals surface area contributed by atoms with Gasteiger partial charge in [-0.25, -0.2) is 4.98 Å². The monoisotopic (exact) mass is 269 g/mol. The molecule has 1 aromatic carbocycles. The van der Waals surface area contributed by atoms with Gasteiger partial charge in [-0.05, 0) is 19.1 Å². The van der Waals surface area contributed by atoms with E-state index in [0.717, 1.165) is 29.3 Å². The molecule has 0 bridgehead atoms. The molecule has 0 amide bonds. The first kappa shape index (κ1) is 14.0. The average molecular weight is 269 g/mol. The zero-order valence-electron chi connectivity index (χ0n) is 11.9. The number of imidazole rings is 1. The number of hydrogen-bond acceptors (Lipinski definition) is 3. The summed E-state index contributed by atoms with van der Waals surface area (Å²) in [5, 5.41) is 0. The van der Waals surface area contributed by atoms with Crippen LogP contribution < -0.4 is 10.5 Å². The molecule has 4 heteroatoms. The Bertz CT molecular complexity index is 638. The van der Waals surface area contributed by atoms with E-state index >= 15 is 0 Å². The number of nitrogens with two attached hydrogens (primary N) is 1. The lowest BCUT2D eigenvalue weighted by atomic mass is 10.1. The number of benzene rings is 1. The predicted octanol–water partition coefficient (Wildman–Crippen LogP) is 2.73. The molecule has 0 radical (unpaired) electrons. The summed E-state index contributed by atoms with van der Waals surface area (Å²) >= 11 is 0. The molecule has 104 valence electrons. The highest BCUT2D eigenvalue weighted by atomic mass is 16.5. The Labute approximate surface area is 119 Å². The Kier molecular flexibility index (Phi) is 4.31. The fourth-order valence-corrected chi connectivity index (χ4v) is 2.19. The van der Waals surface area contributed by atoms with Crippen LogP contribution in [0.2, 0.25) is 0 Å². The summed E-state index contributed by atoms with van der Waals surface area (Å²) in [6.45, 7) is 5.02. The standard InChI is InChI=1S/C16H19N3O/c1-4-11-19-14(5-2)18-15(16(19)17)12-9-7-8-10-13(12)20-6-3/h1,7-10H,5-6,11,17H2,2-3H3. The number of aryl methyl sites for hydroxylation is 1. The van der Waals surface area contributed by atoms with E-state index in [1.807, 2.05) is 42.7 Å². The van der Waals surface area contributed by atoms with Gasteiger partial charge in [0.1, 0.15) is 23.1 Å². The molecule has 2 N–H and O–H groups in total. The molecule has 1 heterocycles. The van der Waals surface area contributed by atoms with Crippen LogP contribution in [0.15, 0.2) is 24.3 Å². The van der Waals surface area contributed by atoms with Crippen molar-refractivity contribution in [3.8, 4) is 29.4 Å². The van der Waals surface area contributed by atoms with Crippen molar-refractivity contribution >= 4 is 5.82 Å². The fourth-order valence-electron chi connectivity index (χ4n) is 2.19. The molecule has 1 aromatic heterocycles. The topological polar surface area (TPSA) is 53.1 Å². The first-order chi connectivity index (χ1) is 9.72. The quantitative estimate of drug-likeness (QED) is 0.849. The van der Waals surface area contributed by atoms with Crippen LogP contribution in [0.25, 0.3) is 11.3 Å². The minimum atomic E-state index is 0.429. The number of rotatable bonds is 5. The summed E-state index contributed by atoms with van der Waals surface area (Å²) in [5.74, 6) is 4.88. The van der Waals surface area contributed by atoms with Crippen LogP contribution in [-0.4, -0.2) is 16.2 Å². The Hall–Kier alpha value is -2.41. The minimum absolute atomic E-state index is 0.429. The first-order valence-corrected chi connectivity index (χ1v) is 6.73. The molecule has 0 aliphatic rings. The van der Waals surface area contributed by atoms with Gasteiger partial charge in [0.2, 0.25) is 0 Å². The van der Waals surface area contributed by atoms with Crippen molar-refractivity contribution in [1.29, 1.82) is 0 Å². The van der Waals surface area contributed by atoms with E-state index in [1.54, 1.807) is 0 Å². The summed E-state index contributed by atoms with van der Waals surface area (Å²) in [6.07, 6.45) is 6.18. The van der Waals surface area contributed by atoms with Gasteiger partial charge >= 0.3 is 0 Å². The van der Waals surface area contributed by atoms with Crippen LogP contribution in [0.1, 0.15) is 19.7 Å².